The van der Waals surface area contributed by atoms with Crippen LogP contribution in [0.1, 0.15) is 50.7 Å². The molecule has 0 radical (unpaired) electrons. The molecular formula is C27H29Cl2N3O4S2. The Morgan fingerprint density at radius 1 is 1.13 bits per heavy atom. The van der Waals surface area contributed by atoms with Gasteiger partial charge in [-0.3, -0.25) is 14.5 Å². The molecule has 1 aliphatic heterocycles. The van der Waals surface area contributed by atoms with E-state index in [-0.39, 0.29) is 30.9 Å². The van der Waals surface area contributed by atoms with Gasteiger partial charge < -0.3 is 15.0 Å². The molecule has 1 atom stereocenters. The molecule has 1 fully saturated rings. The molecule has 38 heavy (non-hydrogen) atoms. The van der Waals surface area contributed by atoms with Crippen LogP contribution in [0.2, 0.25) is 10.0 Å². The van der Waals surface area contributed by atoms with Crippen LogP contribution in [0.5, 0.6) is 0 Å². The van der Waals surface area contributed by atoms with Gasteiger partial charge in [0.25, 0.3) is 5.91 Å². The molecule has 3 aromatic rings. The van der Waals surface area contributed by atoms with E-state index in [1.54, 1.807) is 17.9 Å². The lowest BCUT2D eigenvalue weighted by Gasteiger charge is -2.34. The summed E-state index contributed by atoms with van der Waals surface area (Å²) in [5.41, 5.74) is 1.54. The Balaban J connectivity index is 1.21. The second-order valence-corrected chi connectivity index (χ2v) is 12.8. The zero-order valence-electron chi connectivity index (χ0n) is 21.3. The SMILES string of the molecule is CCOC(=O)c1c(NC(=O)CN2CCN(C(=O)c3sc4cc(Cl)ccc4c3Cl)CC2)sc2c1CCC(C)C2. The number of thiophene rings is 2. The molecule has 0 spiro atoms. The molecule has 11 heteroatoms. The number of hydrogen-bond acceptors (Lipinski definition) is 7. The van der Waals surface area contributed by atoms with Gasteiger partial charge in [-0.05, 0) is 49.8 Å². The number of esters is 1. The van der Waals surface area contributed by atoms with E-state index in [0.717, 1.165) is 39.8 Å². The van der Waals surface area contributed by atoms with E-state index in [1.807, 2.05) is 17.0 Å². The van der Waals surface area contributed by atoms with Crippen molar-refractivity contribution in [2.24, 2.45) is 5.92 Å². The van der Waals surface area contributed by atoms with Gasteiger partial charge in [-0.1, -0.05) is 36.2 Å². The highest BCUT2D eigenvalue weighted by molar-refractivity contribution is 7.21. The molecule has 1 aromatic carbocycles. The number of amides is 2. The average molecular weight is 595 g/mol. The van der Waals surface area contributed by atoms with Crippen molar-refractivity contribution in [2.75, 3.05) is 44.6 Å². The van der Waals surface area contributed by atoms with Crippen LogP contribution in [-0.2, 0) is 22.4 Å². The van der Waals surface area contributed by atoms with Crippen molar-refractivity contribution in [3.8, 4) is 0 Å². The number of ether oxygens (including phenoxy) is 1. The van der Waals surface area contributed by atoms with Crippen LogP contribution >= 0.6 is 45.9 Å². The first-order valence-corrected chi connectivity index (χ1v) is 15.1. The van der Waals surface area contributed by atoms with E-state index in [9.17, 15) is 14.4 Å². The number of nitrogens with zero attached hydrogens (tertiary/aromatic N) is 2. The topological polar surface area (TPSA) is 79.0 Å². The van der Waals surface area contributed by atoms with Crippen LogP contribution < -0.4 is 5.32 Å². The summed E-state index contributed by atoms with van der Waals surface area (Å²) in [4.78, 5) is 44.4. The largest absolute Gasteiger partial charge is 0.462 e. The van der Waals surface area contributed by atoms with Crippen LogP contribution in [0.3, 0.4) is 0 Å². The third-order valence-electron chi connectivity index (χ3n) is 7.06. The van der Waals surface area contributed by atoms with Crippen molar-refractivity contribution < 1.29 is 19.1 Å². The molecule has 1 aliphatic carbocycles. The van der Waals surface area contributed by atoms with Crippen LogP contribution in [0, 0.1) is 5.92 Å². The van der Waals surface area contributed by atoms with Gasteiger partial charge in [0.1, 0.15) is 9.88 Å². The molecule has 1 saturated heterocycles. The third-order valence-corrected chi connectivity index (χ3v) is 10.1. The lowest BCUT2D eigenvalue weighted by atomic mass is 9.88. The number of piperazine rings is 1. The van der Waals surface area contributed by atoms with E-state index < -0.39 is 0 Å². The number of halogens is 2. The highest BCUT2D eigenvalue weighted by atomic mass is 35.5. The Labute approximate surface area is 239 Å². The van der Waals surface area contributed by atoms with E-state index in [1.165, 1.54) is 22.7 Å². The lowest BCUT2D eigenvalue weighted by molar-refractivity contribution is -0.117. The Kier molecular flexibility index (Phi) is 8.30. The fourth-order valence-electron chi connectivity index (χ4n) is 5.06. The van der Waals surface area contributed by atoms with Gasteiger partial charge in [0, 0.05) is 46.2 Å². The quantitative estimate of drug-likeness (QED) is 0.356. The molecule has 3 heterocycles. The second kappa shape index (κ2) is 11.5. The molecule has 2 amide bonds. The molecule has 1 unspecified atom stereocenters. The van der Waals surface area contributed by atoms with E-state index in [0.29, 0.717) is 57.6 Å². The summed E-state index contributed by atoms with van der Waals surface area (Å²) in [6, 6.07) is 5.42. The minimum absolute atomic E-state index is 0.103. The fourth-order valence-corrected chi connectivity index (χ4v) is 8.23. The monoisotopic (exact) mass is 593 g/mol. The first-order valence-electron chi connectivity index (χ1n) is 12.8. The molecule has 5 rings (SSSR count). The molecule has 2 aliphatic rings. The number of carbonyl (C=O) groups is 3. The smallest absolute Gasteiger partial charge is 0.341 e. The minimum Gasteiger partial charge on any atom is -0.462 e. The van der Waals surface area contributed by atoms with E-state index in [4.69, 9.17) is 27.9 Å². The number of nitrogens with one attached hydrogen (secondary N) is 1. The summed E-state index contributed by atoms with van der Waals surface area (Å²) in [6.07, 6.45) is 2.76. The first-order chi connectivity index (χ1) is 18.2. The number of rotatable bonds is 6. The minimum atomic E-state index is -0.371. The van der Waals surface area contributed by atoms with Crippen LogP contribution in [0.15, 0.2) is 18.2 Å². The van der Waals surface area contributed by atoms with E-state index >= 15 is 0 Å². The fraction of sp³-hybridized carbons (Fsp3) is 0.444. The maximum absolute atomic E-state index is 13.2. The molecule has 2 aromatic heterocycles. The summed E-state index contributed by atoms with van der Waals surface area (Å²) >= 11 is 15.5. The standard InChI is InChI=1S/C27H29Cl2N3O4S2/c1-3-36-27(35)22-17-6-4-15(2)12-19(17)38-25(22)30-21(33)14-31-8-10-32(11-9-31)26(34)24-23(29)18-7-5-16(28)13-20(18)37-24/h5,7,13,15H,3-4,6,8-12,14H2,1-2H3,(H,30,33). The van der Waals surface area contributed by atoms with Gasteiger partial charge in [0.15, 0.2) is 0 Å². The first kappa shape index (κ1) is 27.4. The Morgan fingerprint density at radius 2 is 1.89 bits per heavy atom. The normalized spacial score (nSPS) is 17.9. The Hall–Kier alpha value is -2.17. The molecular weight excluding hydrogens is 565 g/mol. The Morgan fingerprint density at radius 3 is 2.63 bits per heavy atom. The number of anilines is 1. The van der Waals surface area contributed by atoms with Gasteiger partial charge in [0.2, 0.25) is 5.91 Å². The van der Waals surface area contributed by atoms with Gasteiger partial charge in [-0.25, -0.2) is 4.79 Å². The second-order valence-electron chi connectivity index (χ2n) is 9.78. The van der Waals surface area contributed by atoms with Gasteiger partial charge in [0.05, 0.1) is 23.7 Å². The number of fused-ring (bicyclic) bond motifs is 2. The number of benzene rings is 1. The van der Waals surface area contributed by atoms with Crippen molar-refractivity contribution in [3.63, 3.8) is 0 Å². The van der Waals surface area contributed by atoms with Crippen LogP contribution in [0.25, 0.3) is 10.1 Å². The predicted molar refractivity (Wildman–Crippen MR) is 154 cm³/mol. The van der Waals surface area contributed by atoms with Crippen LogP contribution in [0.4, 0.5) is 5.00 Å². The van der Waals surface area contributed by atoms with Crippen molar-refractivity contribution in [1.29, 1.82) is 0 Å². The molecule has 0 saturated carbocycles. The lowest BCUT2D eigenvalue weighted by Crippen LogP contribution is -2.50. The summed E-state index contributed by atoms with van der Waals surface area (Å²) in [6.45, 7) is 6.59. The summed E-state index contributed by atoms with van der Waals surface area (Å²) in [7, 11) is 0. The van der Waals surface area contributed by atoms with Crippen molar-refractivity contribution in [1.82, 2.24) is 9.80 Å². The highest BCUT2D eigenvalue weighted by Gasteiger charge is 2.30. The zero-order valence-corrected chi connectivity index (χ0v) is 24.4. The summed E-state index contributed by atoms with van der Waals surface area (Å²) in [5, 5.41) is 5.46. The summed E-state index contributed by atoms with van der Waals surface area (Å²) in [5.74, 6) is -0.0940. The zero-order chi connectivity index (χ0) is 27.0. The highest BCUT2D eigenvalue weighted by Crippen LogP contribution is 2.40. The van der Waals surface area contributed by atoms with Gasteiger partial charge in [-0.2, -0.15) is 0 Å². The maximum Gasteiger partial charge on any atom is 0.341 e. The van der Waals surface area contributed by atoms with Crippen molar-refractivity contribution >= 4 is 78.7 Å². The molecule has 202 valence electrons. The molecule has 1 N–H and O–H groups in total. The number of carbonyl (C=O) groups excluding carboxylic acids is 3. The van der Waals surface area contributed by atoms with Gasteiger partial charge in [-0.15, -0.1) is 22.7 Å². The van der Waals surface area contributed by atoms with Crippen molar-refractivity contribution in [3.05, 3.63) is 49.1 Å². The maximum atomic E-state index is 13.2. The Bertz CT molecular complexity index is 1390. The average Bonchev–Trinajstić information content (AvgIpc) is 3.40. The molecule has 0 bridgehead atoms. The predicted octanol–water partition coefficient (Wildman–Crippen LogP) is 5.97. The van der Waals surface area contributed by atoms with Crippen molar-refractivity contribution in [2.45, 2.75) is 33.1 Å². The molecule has 7 nitrogen and oxygen atoms in total. The van der Waals surface area contributed by atoms with E-state index in [2.05, 4.69) is 12.2 Å². The van der Waals surface area contributed by atoms with Crippen LogP contribution in [-0.4, -0.2) is 66.9 Å². The third kappa shape index (κ3) is 5.58. The van der Waals surface area contributed by atoms with Gasteiger partial charge >= 0.3 is 5.97 Å². The summed E-state index contributed by atoms with van der Waals surface area (Å²) < 4.78 is 6.19. The number of hydrogen-bond donors (Lipinski definition) is 1.